The normalized spacial score (nSPS) is 19.4. The number of carbonyl (C=O) groups excluding carboxylic acids is 3. The van der Waals surface area contributed by atoms with Crippen molar-refractivity contribution in [3.63, 3.8) is 0 Å². The lowest BCUT2D eigenvalue weighted by molar-refractivity contribution is -0.159. The van der Waals surface area contributed by atoms with Crippen LogP contribution in [0.5, 0.6) is 0 Å². The molecule has 0 N–H and O–H groups in total. The molecule has 2 aliphatic heterocycles. The van der Waals surface area contributed by atoms with Crippen molar-refractivity contribution < 1.29 is 23.5 Å². The molecule has 0 saturated carbocycles. The van der Waals surface area contributed by atoms with Crippen molar-refractivity contribution in [1.29, 1.82) is 0 Å². The number of fused-ring (bicyclic) bond motifs is 3. The summed E-state index contributed by atoms with van der Waals surface area (Å²) in [6, 6.07) is 16.4. The Morgan fingerprint density at radius 1 is 1.12 bits per heavy atom. The van der Waals surface area contributed by atoms with Gasteiger partial charge in [-0.15, -0.1) is 0 Å². The van der Waals surface area contributed by atoms with E-state index in [4.69, 9.17) is 9.15 Å². The fourth-order valence-corrected chi connectivity index (χ4v) is 4.72. The van der Waals surface area contributed by atoms with E-state index in [1.54, 1.807) is 30.5 Å². The molecule has 34 heavy (non-hydrogen) atoms. The summed E-state index contributed by atoms with van der Waals surface area (Å²) in [7, 11) is 0. The van der Waals surface area contributed by atoms with Gasteiger partial charge in [0.05, 0.1) is 17.4 Å². The Labute approximate surface area is 197 Å². The molecule has 2 aromatic carbocycles. The Morgan fingerprint density at radius 3 is 2.62 bits per heavy atom. The van der Waals surface area contributed by atoms with Crippen molar-refractivity contribution >= 4 is 23.5 Å². The van der Waals surface area contributed by atoms with E-state index in [-0.39, 0.29) is 43.1 Å². The van der Waals surface area contributed by atoms with Crippen LogP contribution in [0.3, 0.4) is 0 Å². The number of nitrogens with zero attached hydrogens (tertiary/aromatic N) is 3. The average molecular weight is 460 g/mol. The minimum atomic E-state index is -1.53. The molecule has 0 radical (unpaired) electrons. The molecule has 0 bridgehead atoms. The number of amides is 2. The molecule has 2 aliphatic rings. The maximum absolute atomic E-state index is 13.7. The van der Waals surface area contributed by atoms with Gasteiger partial charge in [-0.1, -0.05) is 56.3 Å². The minimum absolute atomic E-state index is 0.0802. The van der Waals surface area contributed by atoms with Gasteiger partial charge in [-0.05, 0) is 18.1 Å². The van der Waals surface area contributed by atoms with Gasteiger partial charge in [-0.25, -0.2) is 9.78 Å². The summed E-state index contributed by atoms with van der Waals surface area (Å²) in [4.78, 5) is 47.3. The summed E-state index contributed by atoms with van der Waals surface area (Å²) in [6.45, 7) is 4.03. The number of ether oxygens (including phenoxy) is 1. The number of esters is 1. The molecule has 3 heterocycles. The number of para-hydroxylation sites is 1. The number of hydrogen-bond acceptors (Lipinski definition) is 6. The second-order valence-corrected chi connectivity index (χ2v) is 8.93. The first-order valence-corrected chi connectivity index (χ1v) is 11.3. The zero-order valence-electron chi connectivity index (χ0n) is 19.1. The van der Waals surface area contributed by atoms with E-state index in [9.17, 15) is 14.4 Å². The molecular weight excluding hydrogens is 434 g/mol. The van der Waals surface area contributed by atoms with Crippen LogP contribution in [0.15, 0.2) is 65.2 Å². The highest BCUT2D eigenvalue weighted by Crippen LogP contribution is 2.45. The second kappa shape index (κ2) is 8.44. The zero-order chi connectivity index (χ0) is 23.9. The monoisotopic (exact) mass is 459 g/mol. The van der Waals surface area contributed by atoms with E-state index in [1.165, 1.54) is 9.80 Å². The lowest BCUT2D eigenvalue weighted by Gasteiger charge is -2.48. The third kappa shape index (κ3) is 3.46. The Morgan fingerprint density at radius 2 is 1.85 bits per heavy atom. The summed E-state index contributed by atoms with van der Waals surface area (Å²) in [6.07, 6.45) is 1.88. The van der Waals surface area contributed by atoms with Crippen LogP contribution in [-0.2, 0) is 20.9 Å². The van der Waals surface area contributed by atoms with Gasteiger partial charge in [0, 0.05) is 24.9 Å². The van der Waals surface area contributed by atoms with Crippen molar-refractivity contribution in [2.24, 2.45) is 5.92 Å². The lowest BCUT2D eigenvalue weighted by atomic mass is 9.95. The molecule has 5 rings (SSSR count). The molecule has 3 aromatic rings. The second-order valence-electron chi connectivity index (χ2n) is 8.93. The summed E-state index contributed by atoms with van der Waals surface area (Å²) in [5.74, 6) is -0.288. The van der Waals surface area contributed by atoms with Crippen LogP contribution >= 0.6 is 0 Å². The van der Waals surface area contributed by atoms with Gasteiger partial charge in [0.25, 0.3) is 5.91 Å². The number of oxazole rings is 1. The van der Waals surface area contributed by atoms with Crippen LogP contribution in [0.1, 0.15) is 42.9 Å². The fourth-order valence-electron chi connectivity index (χ4n) is 4.72. The predicted octanol–water partition coefficient (Wildman–Crippen LogP) is 4.02. The molecule has 8 nitrogen and oxygen atoms in total. The number of aromatic nitrogens is 1. The first kappa shape index (κ1) is 21.9. The number of carbonyl (C=O) groups is 3. The van der Waals surface area contributed by atoms with Crippen LogP contribution in [0.4, 0.5) is 5.69 Å². The summed E-state index contributed by atoms with van der Waals surface area (Å²) >= 11 is 0. The van der Waals surface area contributed by atoms with E-state index in [2.05, 4.69) is 4.98 Å². The van der Waals surface area contributed by atoms with Crippen LogP contribution in [-0.4, -0.2) is 39.9 Å². The molecule has 1 unspecified atom stereocenters. The van der Waals surface area contributed by atoms with Crippen molar-refractivity contribution in [3.05, 3.63) is 72.2 Å². The van der Waals surface area contributed by atoms with E-state index < -0.39 is 11.6 Å². The fraction of sp³-hybridized carbons (Fsp3) is 0.308. The lowest BCUT2D eigenvalue weighted by Crippen LogP contribution is -2.69. The summed E-state index contributed by atoms with van der Waals surface area (Å²) < 4.78 is 11.4. The highest BCUT2D eigenvalue weighted by molar-refractivity contribution is 6.15. The first-order chi connectivity index (χ1) is 16.4. The highest BCUT2D eigenvalue weighted by Gasteiger charge is 2.62. The maximum Gasteiger partial charge on any atom is 0.354 e. The third-order valence-electron chi connectivity index (χ3n) is 6.19. The van der Waals surface area contributed by atoms with Crippen molar-refractivity contribution in [3.8, 4) is 11.3 Å². The summed E-state index contributed by atoms with van der Waals surface area (Å²) in [5, 5.41) is 0. The number of anilines is 1. The SMILES string of the molecule is CC(C)CN1C(=O)c2ccccc2N2C(=O)CCC12C(=O)OCc1ncc(-c2ccccc2)o1. The van der Waals surface area contributed by atoms with Gasteiger partial charge in [-0.3, -0.25) is 14.5 Å². The highest BCUT2D eigenvalue weighted by atomic mass is 16.5. The number of benzene rings is 2. The Balaban J connectivity index is 1.46. The van der Waals surface area contributed by atoms with Gasteiger partial charge in [0.15, 0.2) is 12.4 Å². The smallest absolute Gasteiger partial charge is 0.354 e. The Kier molecular flexibility index (Phi) is 5.43. The molecule has 1 atom stereocenters. The summed E-state index contributed by atoms with van der Waals surface area (Å²) in [5.41, 5.74) is 0.176. The van der Waals surface area contributed by atoms with Crippen LogP contribution in [0.25, 0.3) is 11.3 Å². The van der Waals surface area contributed by atoms with Gasteiger partial charge < -0.3 is 14.1 Å². The van der Waals surface area contributed by atoms with E-state index in [0.29, 0.717) is 23.6 Å². The zero-order valence-corrected chi connectivity index (χ0v) is 19.1. The molecule has 174 valence electrons. The molecule has 8 heteroatoms. The van der Waals surface area contributed by atoms with Crippen LogP contribution in [0, 0.1) is 5.92 Å². The molecule has 2 amide bonds. The molecular formula is C26H25N3O5. The average Bonchev–Trinajstić information content (AvgIpc) is 3.46. The molecule has 0 aliphatic carbocycles. The predicted molar refractivity (Wildman–Crippen MR) is 124 cm³/mol. The maximum atomic E-state index is 13.7. The van der Waals surface area contributed by atoms with E-state index in [0.717, 1.165) is 5.56 Å². The molecule has 1 aromatic heterocycles. The van der Waals surface area contributed by atoms with Gasteiger partial charge in [0.1, 0.15) is 0 Å². The largest absolute Gasteiger partial charge is 0.453 e. The molecule has 1 fully saturated rings. The molecule has 0 spiro atoms. The van der Waals surface area contributed by atoms with Crippen LogP contribution in [0.2, 0.25) is 0 Å². The van der Waals surface area contributed by atoms with E-state index in [1.807, 2.05) is 44.2 Å². The topological polar surface area (TPSA) is 93.0 Å². The first-order valence-electron chi connectivity index (χ1n) is 11.3. The molecule has 1 saturated heterocycles. The van der Waals surface area contributed by atoms with Crippen molar-refractivity contribution in [2.75, 3.05) is 11.4 Å². The van der Waals surface area contributed by atoms with Gasteiger partial charge in [-0.2, -0.15) is 0 Å². The standard InChI is InChI=1S/C26H25N3O5/c1-17(2)15-28-24(31)19-10-6-7-11-20(19)29-23(30)12-13-26(28,29)25(32)33-16-22-27-14-21(34-22)18-8-4-3-5-9-18/h3-11,14,17H,12-13,15-16H2,1-2H3. The quantitative estimate of drug-likeness (QED) is 0.517. The minimum Gasteiger partial charge on any atom is -0.453 e. The Hall–Kier alpha value is -3.94. The van der Waals surface area contributed by atoms with E-state index >= 15 is 0 Å². The van der Waals surface area contributed by atoms with Crippen molar-refractivity contribution in [1.82, 2.24) is 9.88 Å². The van der Waals surface area contributed by atoms with Gasteiger partial charge in [0.2, 0.25) is 17.5 Å². The van der Waals surface area contributed by atoms with Gasteiger partial charge >= 0.3 is 5.97 Å². The Bertz CT molecular complexity index is 1250. The third-order valence-corrected chi connectivity index (χ3v) is 6.19. The number of rotatable bonds is 6. The van der Waals surface area contributed by atoms with Crippen molar-refractivity contribution in [2.45, 2.75) is 39.0 Å². The van der Waals surface area contributed by atoms with Crippen LogP contribution < -0.4 is 4.90 Å². The number of hydrogen-bond donors (Lipinski definition) is 0.